The van der Waals surface area contributed by atoms with E-state index >= 15 is 0 Å². The lowest BCUT2D eigenvalue weighted by atomic mass is 9.99. The van der Waals surface area contributed by atoms with Crippen molar-refractivity contribution in [3.8, 4) is 0 Å². The van der Waals surface area contributed by atoms with Gasteiger partial charge in [0.05, 0.1) is 6.04 Å². The first-order chi connectivity index (χ1) is 18.0. The summed E-state index contributed by atoms with van der Waals surface area (Å²) in [6.45, 7) is 10.2. The summed E-state index contributed by atoms with van der Waals surface area (Å²) >= 11 is 1.42. The van der Waals surface area contributed by atoms with E-state index in [1.54, 1.807) is 41.5 Å². The number of aliphatic carboxylic acids is 2. The Balaban J connectivity index is 5.83. The molecule has 0 aliphatic heterocycles. The molecule has 0 aromatic heterocycles. The average Bonchev–Trinajstić information content (AvgIpc) is 2.83. The van der Waals surface area contributed by atoms with Crippen molar-refractivity contribution in [2.24, 2.45) is 23.5 Å². The fourth-order valence-electron chi connectivity index (χ4n) is 3.43. The highest BCUT2D eigenvalue weighted by Crippen LogP contribution is 2.09. The highest BCUT2D eigenvalue weighted by Gasteiger charge is 2.33. The van der Waals surface area contributed by atoms with Gasteiger partial charge < -0.3 is 37.2 Å². The standard InChI is InChI=1S/C25H45N5O8S/c1-12(2)18(26)23(35)29-19(13(3)4)24(36)28-16(10-11-39-7)21(33)27-15(8-9-17(31)32)22(34)30-20(14(5)6)25(37)38/h12-16,18-20H,8-11,26H2,1-7H3,(H,27,33)(H,28,36)(H,29,35)(H,30,34)(H,31,32)(H,37,38)/t15-,16-,18-,19-,20-/m0/s1. The molecule has 0 aliphatic carbocycles. The Morgan fingerprint density at radius 3 is 1.56 bits per heavy atom. The third-order valence-corrected chi connectivity index (χ3v) is 6.67. The van der Waals surface area contributed by atoms with Crippen LogP contribution in [0.5, 0.6) is 0 Å². The van der Waals surface area contributed by atoms with Crippen LogP contribution >= 0.6 is 11.8 Å². The Kier molecular flexibility index (Phi) is 16.4. The van der Waals surface area contributed by atoms with Gasteiger partial charge in [-0.25, -0.2) is 4.79 Å². The summed E-state index contributed by atoms with van der Waals surface area (Å²) in [6.07, 6.45) is 1.23. The number of rotatable bonds is 18. The Morgan fingerprint density at radius 2 is 1.13 bits per heavy atom. The van der Waals surface area contributed by atoms with E-state index in [0.29, 0.717) is 5.75 Å². The Morgan fingerprint density at radius 1 is 0.667 bits per heavy atom. The molecule has 0 unspecified atom stereocenters. The van der Waals surface area contributed by atoms with Crippen molar-refractivity contribution in [2.75, 3.05) is 12.0 Å². The van der Waals surface area contributed by atoms with Crippen LogP contribution in [0.3, 0.4) is 0 Å². The number of carboxylic acids is 2. The topological polar surface area (TPSA) is 217 Å². The van der Waals surface area contributed by atoms with Crippen molar-refractivity contribution < 1.29 is 39.0 Å². The van der Waals surface area contributed by atoms with Crippen molar-refractivity contribution in [1.82, 2.24) is 21.3 Å². The SMILES string of the molecule is CSCC[C@H](NC(=O)[C@@H](NC(=O)[C@@H](N)C(C)C)C(C)C)C(=O)N[C@@H](CCC(=O)O)C(=O)N[C@H](C(=O)O)C(C)C. The number of carboxylic acid groups (broad SMARTS) is 2. The molecular formula is C25H45N5O8S. The van der Waals surface area contributed by atoms with Crippen LogP contribution in [-0.4, -0.2) is 88.0 Å². The van der Waals surface area contributed by atoms with E-state index in [-0.39, 0.29) is 24.7 Å². The molecule has 39 heavy (non-hydrogen) atoms. The molecule has 0 rings (SSSR count). The lowest BCUT2D eigenvalue weighted by molar-refractivity contribution is -0.144. The normalized spacial score (nSPS) is 15.2. The zero-order valence-corrected chi connectivity index (χ0v) is 24.6. The van der Waals surface area contributed by atoms with Gasteiger partial charge in [0.25, 0.3) is 0 Å². The van der Waals surface area contributed by atoms with Crippen LogP contribution in [0.15, 0.2) is 0 Å². The number of carbonyl (C=O) groups excluding carboxylic acids is 4. The van der Waals surface area contributed by atoms with Crippen LogP contribution in [0.2, 0.25) is 0 Å². The van der Waals surface area contributed by atoms with E-state index in [1.165, 1.54) is 11.8 Å². The molecule has 224 valence electrons. The zero-order chi connectivity index (χ0) is 30.4. The Labute approximate surface area is 234 Å². The molecule has 14 heteroatoms. The Bertz CT molecular complexity index is 867. The van der Waals surface area contributed by atoms with E-state index in [4.69, 9.17) is 10.8 Å². The van der Waals surface area contributed by atoms with Crippen LogP contribution in [0, 0.1) is 17.8 Å². The van der Waals surface area contributed by atoms with Crippen molar-refractivity contribution in [3.05, 3.63) is 0 Å². The summed E-state index contributed by atoms with van der Waals surface area (Å²) in [4.78, 5) is 74.4. The number of nitrogens with one attached hydrogen (secondary N) is 4. The first-order valence-corrected chi connectivity index (χ1v) is 14.3. The monoisotopic (exact) mass is 575 g/mol. The number of carbonyl (C=O) groups is 6. The highest BCUT2D eigenvalue weighted by atomic mass is 32.2. The summed E-state index contributed by atoms with van der Waals surface area (Å²) in [5.74, 6) is -5.70. The van der Waals surface area contributed by atoms with Gasteiger partial charge >= 0.3 is 11.9 Å². The van der Waals surface area contributed by atoms with Gasteiger partial charge in [-0.05, 0) is 42.6 Å². The minimum absolute atomic E-state index is 0.161. The quantitative estimate of drug-likeness (QED) is 0.115. The molecule has 4 amide bonds. The summed E-state index contributed by atoms with van der Waals surface area (Å²) in [6, 6.07) is -5.53. The molecule has 0 aromatic carbocycles. The van der Waals surface area contributed by atoms with Crippen LogP contribution < -0.4 is 27.0 Å². The minimum atomic E-state index is -1.35. The average molecular weight is 576 g/mol. The number of hydrogen-bond acceptors (Lipinski definition) is 8. The lowest BCUT2D eigenvalue weighted by Gasteiger charge is -2.28. The van der Waals surface area contributed by atoms with Gasteiger partial charge in [0.2, 0.25) is 23.6 Å². The molecule has 0 bridgehead atoms. The maximum atomic E-state index is 13.2. The number of hydrogen-bond donors (Lipinski definition) is 7. The predicted molar refractivity (Wildman–Crippen MR) is 148 cm³/mol. The molecule has 0 spiro atoms. The predicted octanol–water partition coefficient (Wildman–Crippen LogP) is -0.0766. The smallest absolute Gasteiger partial charge is 0.326 e. The first kappa shape index (κ1) is 36.1. The van der Waals surface area contributed by atoms with Gasteiger partial charge in [0.15, 0.2) is 0 Å². The molecular weight excluding hydrogens is 530 g/mol. The molecule has 0 saturated heterocycles. The molecule has 0 saturated carbocycles. The number of thioether (sulfide) groups is 1. The van der Waals surface area contributed by atoms with E-state index in [2.05, 4.69) is 21.3 Å². The van der Waals surface area contributed by atoms with Crippen LogP contribution in [-0.2, 0) is 28.8 Å². The highest BCUT2D eigenvalue weighted by molar-refractivity contribution is 7.98. The zero-order valence-electron chi connectivity index (χ0n) is 23.8. The second-order valence-electron chi connectivity index (χ2n) is 10.4. The maximum Gasteiger partial charge on any atom is 0.326 e. The number of amides is 4. The van der Waals surface area contributed by atoms with E-state index in [9.17, 15) is 33.9 Å². The van der Waals surface area contributed by atoms with E-state index < -0.39 is 78.1 Å². The molecule has 0 aliphatic rings. The molecule has 0 radical (unpaired) electrons. The van der Waals surface area contributed by atoms with Crippen LogP contribution in [0.25, 0.3) is 0 Å². The van der Waals surface area contributed by atoms with Crippen LogP contribution in [0.1, 0.15) is 60.8 Å². The molecule has 5 atom stereocenters. The molecule has 8 N–H and O–H groups in total. The van der Waals surface area contributed by atoms with Gasteiger partial charge in [-0.15, -0.1) is 0 Å². The molecule has 0 aromatic rings. The summed E-state index contributed by atoms with van der Waals surface area (Å²) < 4.78 is 0. The first-order valence-electron chi connectivity index (χ1n) is 12.9. The summed E-state index contributed by atoms with van der Waals surface area (Å²) in [5.41, 5.74) is 5.90. The molecule has 13 nitrogen and oxygen atoms in total. The van der Waals surface area contributed by atoms with Gasteiger partial charge in [0, 0.05) is 6.42 Å². The second kappa shape index (κ2) is 17.7. The minimum Gasteiger partial charge on any atom is -0.481 e. The maximum absolute atomic E-state index is 13.2. The lowest BCUT2D eigenvalue weighted by Crippen LogP contribution is -2.60. The fraction of sp³-hybridized carbons (Fsp3) is 0.760. The second-order valence-corrected chi connectivity index (χ2v) is 11.4. The van der Waals surface area contributed by atoms with Crippen molar-refractivity contribution >= 4 is 47.3 Å². The van der Waals surface area contributed by atoms with Crippen molar-refractivity contribution in [1.29, 1.82) is 0 Å². The Hall–Kier alpha value is -2.87. The van der Waals surface area contributed by atoms with Gasteiger partial charge in [-0.3, -0.25) is 24.0 Å². The van der Waals surface area contributed by atoms with Gasteiger partial charge in [-0.1, -0.05) is 41.5 Å². The van der Waals surface area contributed by atoms with Crippen molar-refractivity contribution in [2.45, 2.75) is 91.0 Å². The largest absolute Gasteiger partial charge is 0.481 e. The molecule has 0 heterocycles. The summed E-state index contributed by atoms with van der Waals surface area (Å²) in [5, 5.41) is 28.6. The van der Waals surface area contributed by atoms with Crippen LogP contribution in [0.4, 0.5) is 0 Å². The van der Waals surface area contributed by atoms with Crippen molar-refractivity contribution in [3.63, 3.8) is 0 Å². The third-order valence-electron chi connectivity index (χ3n) is 6.02. The van der Waals surface area contributed by atoms with E-state index in [1.807, 2.05) is 6.26 Å². The van der Waals surface area contributed by atoms with Gasteiger partial charge in [0.1, 0.15) is 24.2 Å². The third kappa shape index (κ3) is 13.2. The fourth-order valence-corrected chi connectivity index (χ4v) is 3.90. The molecule has 0 fully saturated rings. The van der Waals surface area contributed by atoms with Gasteiger partial charge in [-0.2, -0.15) is 11.8 Å². The summed E-state index contributed by atoms with van der Waals surface area (Å²) in [7, 11) is 0. The number of nitrogens with two attached hydrogens (primary N) is 1. The van der Waals surface area contributed by atoms with E-state index in [0.717, 1.165) is 0 Å².